The van der Waals surface area contributed by atoms with Crippen molar-refractivity contribution in [3.05, 3.63) is 109 Å². The summed E-state index contributed by atoms with van der Waals surface area (Å²) in [6.07, 6.45) is 66.1. The van der Waals surface area contributed by atoms with Crippen LogP contribution in [0.1, 0.15) is 181 Å². The first kappa shape index (κ1) is 61.2. The van der Waals surface area contributed by atoms with Crippen LogP contribution in [0.15, 0.2) is 109 Å². The fraction of sp³-hybridized carbons (Fsp3) is 0.655. The van der Waals surface area contributed by atoms with E-state index in [4.69, 9.17) is 9.05 Å². The van der Waals surface area contributed by atoms with Gasteiger partial charge in [0.25, 0.3) is 7.82 Å². The van der Waals surface area contributed by atoms with Crippen LogP contribution in [0.25, 0.3) is 0 Å². The summed E-state index contributed by atoms with van der Waals surface area (Å²) in [5, 5.41) is 13.7. The smallest absolute Gasteiger partial charge is 0.268 e. The number of allylic oxidation sites excluding steroid dienone is 17. The van der Waals surface area contributed by atoms with E-state index in [9.17, 15) is 19.4 Å². The van der Waals surface area contributed by atoms with Crippen molar-refractivity contribution in [2.45, 2.75) is 193 Å². The molecular formula is C55H95N2O6P. The van der Waals surface area contributed by atoms with Crippen LogP contribution in [-0.2, 0) is 18.4 Å². The third-order valence-electron chi connectivity index (χ3n) is 10.5. The van der Waals surface area contributed by atoms with E-state index in [2.05, 4.69) is 116 Å². The van der Waals surface area contributed by atoms with Gasteiger partial charge in [0.05, 0.1) is 39.9 Å². The maximum absolute atomic E-state index is 12.8. The summed E-state index contributed by atoms with van der Waals surface area (Å²) < 4.78 is 23.1. The largest absolute Gasteiger partial charge is 0.756 e. The van der Waals surface area contributed by atoms with E-state index in [1.807, 2.05) is 27.2 Å². The summed E-state index contributed by atoms with van der Waals surface area (Å²) in [6, 6.07) is -0.892. The summed E-state index contributed by atoms with van der Waals surface area (Å²) in [4.78, 5) is 25.2. The quantitative estimate of drug-likeness (QED) is 0.0273. The molecule has 0 spiro atoms. The Balaban J connectivity index is 4.03. The Morgan fingerprint density at radius 3 is 1.39 bits per heavy atom. The van der Waals surface area contributed by atoms with Gasteiger partial charge in [0.15, 0.2) is 0 Å². The fourth-order valence-electron chi connectivity index (χ4n) is 6.52. The van der Waals surface area contributed by atoms with Gasteiger partial charge in [-0.3, -0.25) is 9.36 Å². The average Bonchev–Trinajstić information content (AvgIpc) is 3.25. The van der Waals surface area contributed by atoms with Gasteiger partial charge in [-0.15, -0.1) is 0 Å². The minimum absolute atomic E-state index is 0.00754. The molecule has 0 saturated heterocycles. The standard InChI is InChI=1S/C55H95N2O6P/c1-6-8-10-12-14-15-16-17-18-19-20-21-22-23-24-25-26-27-28-29-30-31-32-33-34-35-36-37-38-39-40-41-43-45-47-49-55(59)56-53(54(58)48-46-44-42-13-11-9-7-2)52-63-64(60,61)62-51-50-57(3,4)5/h8,10,14-15,17-18,20-21,23-24,26-27,29-30,32-33,46,48,53-54,58H,6-7,9,11-13,16,19,22,25,28,31,34-45,47,49-52H2,1-5H3,(H-,56,59,60,61)/b10-8-,15-14-,18-17-,21-20-,24-23-,27-26-,30-29-,33-32-,48-46+. The molecule has 1 amide bonds. The topological polar surface area (TPSA) is 108 Å². The first-order valence-corrected chi connectivity index (χ1v) is 26.7. The molecule has 3 unspecified atom stereocenters. The summed E-state index contributed by atoms with van der Waals surface area (Å²) in [7, 11) is 1.24. The molecule has 0 radical (unpaired) electrons. The van der Waals surface area contributed by atoms with Crippen LogP contribution in [0.3, 0.4) is 0 Å². The number of hydrogen-bond donors (Lipinski definition) is 2. The highest BCUT2D eigenvalue weighted by molar-refractivity contribution is 7.45. The van der Waals surface area contributed by atoms with Crippen molar-refractivity contribution >= 4 is 13.7 Å². The van der Waals surface area contributed by atoms with E-state index >= 15 is 0 Å². The second-order valence-corrected chi connectivity index (χ2v) is 19.2. The van der Waals surface area contributed by atoms with E-state index in [0.29, 0.717) is 17.4 Å². The molecule has 3 atom stereocenters. The minimum Gasteiger partial charge on any atom is -0.756 e. The lowest BCUT2D eigenvalue weighted by Crippen LogP contribution is -2.45. The monoisotopic (exact) mass is 911 g/mol. The van der Waals surface area contributed by atoms with Crippen LogP contribution in [-0.4, -0.2) is 68.5 Å². The molecule has 64 heavy (non-hydrogen) atoms. The molecule has 0 aromatic heterocycles. The van der Waals surface area contributed by atoms with E-state index in [0.717, 1.165) is 96.3 Å². The highest BCUT2D eigenvalue weighted by atomic mass is 31.2. The van der Waals surface area contributed by atoms with Crippen LogP contribution in [0.5, 0.6) is 0 Å². The number of phosphoric ester groups is 1. The van der Waals surface area contributed by atoms with Crippen LogP contribution in [0.2, 0.25) is 0 Å². The molecule has 9 heteroatoms. The van der Waals surface area contributed by atoms with Gasteiger partial charge in [0.2, 0.25) is 5.91 Å². The number of nitrogens with one attached hydrogen (secondary N) is 1. The molecule has 0 aromatic rings. The number of phosphoric acid groups is 1. The lowest BCUT2D eigenvalue weighted by molar-refractivity contribution is -0.870. The van der Waals surface area contributed by atoms with Crippen LogP contribution in [0.4, 0.5) is 0 Å². The van der Waals surface area contributed by atoms with Crippen molar-refractivity contribution in [2.75, 3.05) is 40.9 Å². The molecule has 0 rings (SSSR count). The molecule has 0 fully saturated rings. The number of unbranched alkanes of at least 4 members (excludes halogenated alkanes) is 15. The lowest BCUT2D eigenvalue weighted by atomic mass is 10.0. The Labute approximate surface area is 393 Å². The summed E-state index contributed by atoms with van der Waals surface area (Å²) >= 11 is 0. The molecule has 0 bridgehead atoms. The number of aliphatic hydroxyl groups excluding tert-OH is 1. The van der Waals surface area contributed by atoms with Gasteiger partial charge < -0.3 is 28.8 Å². The number of hydrogen-bond acceptors (Lipinski definition) is 6. The number of carbonyl (C=O) groups is 1. The van der Waals surface area contributed by atoms with Gasteiger partial charge in [0.1, 0.15) is 13.2 Å². The first-order chi connectivity index (χ1) is 31.0. The number of nitrogens with zero attached hydrogens (tertiary/aromatic N) is 1. The zero-order valence-electron chi connectivity index (χ0n) is 41.4. The summed E-state index contributed by atoms with van der Waals surface area (Å²) in [6.45, 7) is 4.44. The Bertz CT molecular complexity index is 1400. The molecular weight excluding hydrogens is 816 g/mol. The molecule has 8 nitrogen and oxygen atoms in total. The van der Waals surface area contributed by atoms with Gasteiger partial charge in [-0.05, 0) is 83.5 Å². The van der Waals surface area contributed by atoms with Crippen molar-refractivity contribution in [3.63, 3.8) is 0 Å². The Morgan fingerprint density at radius 1 is 0.562 bits per heavy atom. The SMILES string of the molecule is CC/C=C\C/C=C\C/C=C\C/C=C\C/C=C\C/C=C\C/C=C\C/C=C\CCCCCCCCCCCCC(=O)NC(COP(=O)([O-])OCC[N+](C)(C)C)C(O)/C=C/CCCCCCC. The summed E-state index contributed by atoms with van der Waals surface area (Å²) in [5.41, 5.74) is 0. The van der Waals surface area contributed by atoms with Gasteiger partial charge >= 0.3 is 0 Å². The highest BCUT2D eigenvalue weighted by Gasteiger charge is 2.23. The van der Waals surface area contributed by atoms with Gasteiger partial charge in [-0.25, -0.2) is 0 Å². The second-order valence-electron chi connectivity index (χ2n) is 17.8. The molecule has 0 aromatic carbocycles. The number of amides is 1. The predicted octanol–water partition coefficient (Wildman–Crippen LogP) is 14.2. The van der Waals surface area contributed by atoms with Crippen molar-refractivity contribution < 1.29 is 32.9 Å². The molecule has 0 heterocycles. The van der Waals surface area contributed by atoms with Crippen molar-refractivity contribution in [3.8, 4) is 0 Å². The van der Waals surface area contributed by atoms with Gasteiger partial charge in [-0.1, -0.05) is 200 Å². The Kier molecular flexibility index (Phi) is 43.3. The highest BCUT2D eigenvalue weighted by Crippen LogP contribution is 2.38. The van der Waals surface area contributed by atoms with Crippen molar-refractivity contribution in [2.24, 2.45) is 0 Å². The van der Waals surface area contributed by atoms with E-state index < -0.39 is 20.0 Å². The Hall–Kier alpha value is -2.84. The number of rotatable bonds is 44. The fourth-order valence-corrected chi connectivity index (χ4v) is 7.24. The third-order valence-corrected chi connectivity index (χ3v) is 11.5. The van der Waals surface area contributed by atoms with Crippen LogP contribution < -0.4 is 10.2 Å². The maximum atomic E-state index is 12.8. The summed E-state index contributed by atoms with van der Waals surface area (Å²) in [5.74, 6) is -0.213. The molecule has 0 aliphatic heterocycles. The van der Waals surface area contributed by atoms with E-state index in [1.54, 1.807) is 6.08 Å². The maximum Gasteiger partial charge on any atom is 0.268 e. The average molecular weight is 911 g/mol. The Morgan fingerprint density at radius 2 is 0.953 bits per heavy atom. The molecule has 0 aliphatic carbocycles. The van der Waals surface area contributed by atoms with E-state index in [-0.39, 0.29) is 19.1 Å². The molecule has 0 aliphatic rings. The van der Waals surface area contributed by atoms with Crippen molar-refractivity contribution in [1.29, 1.82) is 0 Å². The predicted molar refractivity (Wildman–Crippen MR) is 274 cm³/mol. The van der Waals surface area contributed by atoms with E-state index in [1.165, 1.54) is 64.2 Å². The van der Waals surface area contributed by atoms with Gasteiger partial charge in [0, 0.05) is 6.42 Å². The third kappa shape index (κ3) is 47.1. The van der Waals surface area contributed by atoms with Gasteiger partial charge in [-0.2, -0.15) is 0 Å². The minimum atomic E-state index is -4.59. The zero-order chi connectivity index (χ0) is 47.1. The van der Waals surface area contributed by atoms with Crippen molar-refractivity contribution in [1.82, 2.24) is 5.32 Å². The molecule has 0 saturated carbocycles. The molecule has 2 N–H and O–H groups in total. The second kappa shape index (κ2) is 45.3. The number of quaternary nitrogens is 1. The number of likely N-dealkylation sites (N-methyl/N-ethyl adjacent to an activating group) is 1. The first-order valence-electron chi connectivity index (χ1n) is 25.2. The number of aliphatic hydroxyl groups is 1. The van der Waals surface area contributed by atoms with Crippen LogP contribution >= 0.6 is 7.82 Å². The lowest BCUT2D eigenvalue weighted by Gasteiger charge is -2.29. The zero-order valence-corrected chi connectivity index (χ0v) is 42.3. The normalized spacial score (nSPS) is 15.0. The molecule has 366 valence electrons. The number of carbonyl (C=O) groups excluding carboxylic acids is 1. The van der Waals surface area contributed by atoms with Crippen LogP contribution in [0, 0.1) is 0 Å².